The third-order valence-corrected chi connectivity index (χ3v) is 7.23. The maximum Gasteiger partial charge on any atom is 0.258 e. The highest BCUT2D eigenvalue weighted by Gasteiger charge is 2.25. The predicted octanol–water partition coefficient (Wildman–Crippen LogP) is 7.56. The van der Waals surface area contributed by atoms with Crippen molar-refractivity contribution in [3.05, 3.63) is 118 Å². The van der Waals surface area contributed by atoms with Crippen LogP contribution in [0.25, 0.3) is 0 Å². The molecule has 1 N–H and O–H groups in total. The number of hydrogen-bond donors (Lipinski definition) is 1. The van der Waals surface area contributed by atoms with Crippen molar-refractivity contribution in [2.24, 2.45) is 0 Å². The van der Waals surface area contributed by atoms with E-state index in [4.69, 9.17) is 23.2 Å². The fourth-order valence-corrected chi connectivity index (χ4v) is 5.23. The van der Waals surface area contributed by atoms with Crippen LogP contribution in [0, 0.1) is 0 Å². The number of carbonyl (C=O) groups is 2. The molecule has 168 valence electrons. The van der Waals surface area contributed by atoms with Crippen LogP contribution in [0.2, 0.25) is 10.0 Å². The van der Waals surface area contributed by atoms with Gasteiger partial charge in [-0.25, -0.2) is 0 Å². The zero-order valence-corrected chi connectivity index (χ0v) is 20.1. The average molecular weight is 505 g/mol. The highest BCUT2D eigenvalue weighted by atomic mass is 35.5. The van der Waals surface area contributed by atoms with Gasteiger partial charge in [-0.2, -0.15) is 0 Å². The molecule has 0 fully saturated rings. The molecule has 4 nitrogen and oxygen atoms in total. The van der Waals surface area contributed by atoms with Gasteiger partial charge in [-0.1, -0.05) is 65.3 Å². The van der Waals surface area contributed by atoms with Crippen molar-refractivity contribution in [3.8, 4) is 0 Å². The molecule has 0 spiro atoms. The maximum absolute atomic E-state index is 13.6. The Balaban J connectivity index is 1.40. The van der Waals surface area contributed by atoms with Crippen molar-refractivity contribution < 1.29 is 9.59 Å². The molecule has 4 aromatic rings. The smallest absolute Gasteiger partial charge is 0.258 e. The number of anilines is 2. The summed E-state index contributed by atoms with van der Waals surface area (Å²) in [5.74, 6) is -0.484. The van der Waals surface area contributed by atoms with Crippen LogP contribution in [0.5, 0.6) is 0 Å². The second-order valence-electron chi connectivity index (χ2n) is 7.72. The monoisotopic (exact) mass is 504 g/mol. The van der Waals surface area contributed by atoms with E-state index in [1.165, 1.54) is 6.07 Å². The van der Waals surface area contributed by atoms with Crippen molar-refractivity contribution in [3.63, 3.8) is 0 Å². The van der Waals surface area contributed by atoms with E-state index in [9.17, 15) is 9.59 Å². The Kier molecular flexibility index (Phi) is 6.33. The lowest BCUT2D eigenvalue weighted by molar-refractivity contribution is 0.0983. The van der Waals surface area contributed by atoms with Gasteiger partial charge in [0.05, 0.1) is 22.8 Å². The standard InChI is InChI=1S/C27H18Cl2N2O2S/c28-19-11-14-22(29)21(15-19)26(32)30-20-12-9-17(10-13-20)27(33)31-16-18-5-1-3-7-24(18)34-25-8-4-2-6-23(25)31/h1-15H,16H2,(H,30,32). The molecule has 7 heteroatoms. The molecule has 34 heavy (non-hydrogen) atoms. The largest absolute Gasteiger partial charge is 0.322 e. The summed E-state index contributed by atoms with van der Waals surface area (Å²) in [6.45, 7) is 0.477. The van der Waals surface area contributed by atoms with Crippen molar-refractivity contribution in [2.45, 2.75) is 16.3 Å². The fourth-order valence-electron chi connectivity index (χ4n) is 3.78. The van der Waals surface area contributed by atoms with E-state index in [-0.39, 0.29) is 17.4 Å². The Bertz CT molecular complexity index is 1410. The first-order chi connectivity index (χ1) is 16.5. The molecule has 1 aliphatic rings. The van der Waals surface area contributed by atoms with Crippen molar-refractivity contribution in [1.29, 1.82) is 0 Å². The summed E-state index contributed by atoms with van der Waals surface area (Å²) in [7, 11) is 0. The quantitative estimate of drug-likeness (QED) is 0.313. The summed E-state index contributed by atoms with van der Waals surface area (Å²) in [6, 6.07) is 27.6. The van der Waals surface area contributed by atoms with Crippen molar-refractivity contribution in [1.82, 2.24) is 0 Å². The number of carbonyl (C=O) groups excluding carboxylic acids is 2. The van der Waals surface area contributed by atoms with Crippen LogP contribution in [-0.4, -0.2) is 11.8 Å². The predicted molar refractivity (Wildman–Crippen MR) is 138 cm³/mol. The summed E-state index contributed by atoms with van der Waals surface area (Å²) in [4.78, 5) is 30.1. The minimum Gasteiger partial charge on any atom is -0.322 e. The van der Waals surface area contributed by atoms with E-state index < -0.39 is 0 Å². The summed E-state index contributed by atoms with van der Waals surface area (Å²) in [5, 5.41) is 3.54. The number of nitrogens with zero attached hydrogens (tertiary/aromatic N) is 1. The van der Waals surface area contributed by atoms with Crippen molar-refractivity contribution >= 4 is 58.2 Å². The van der Waals surface area contributed by atoms with Gasteiger partial charge in [-0.3, -0.25) is 9.59 Å². The molecule has 0 bridgehead atoms. The van der Waals surface area contributed by atoms with Gasteiger partial charge in [0, 0.05) is 26.1 Å². The summed E-state index contributed by atoms with van der Waals surface area (Å²) in [6.07, 6.45) is 0. The molecule has 0 atom stereocenters. The zero-order valence-electron chi connectivity index (χ0n) is 17.8. The first-order valence-corrected chi connectivity index (χ1v) is 12.1. The van der Waals surface area contributed by atoms with Crippen LogP contribution >= 0.6 is 35.0 Å². The van der Waals surface area contributed by atoms with Gasteiger partial charge < -0.3 is 10.2 Å². The normalized spacial score (nSPS) is 12.4. The second-order valence-corrected chi connectivity index (χ2v) is 9.65. The molecular weight excluding hydrogens is 487 g/mol. The number of amides is 2. The van der Waals surface area contributed by atoms with Gasteiger partial charge in [-0.15, -0.1) is 0 Å². The van der Waals surface area contributed by atoms with E-state index in [0.717, 1.165) is 21.0 Å². The number of benzene rings is 4. The van der Waals surface area contributed by atoms with Crippen LogP contribution in [0.15, 0.2) is 101 Å². The SMILES string of the molecule is O=C(Nc1ccc(C(=O)N2Cc3ccccc3Sc3ccccc32)cc1)c1cc(Cl)ccc1Cl. The molecule has 0 radical (unpaired) electrons. The molecule has 0 aliphatic carbocycles. The zero-order chi connectivity index (χ0) is 23.7. The van der Waals surface area contributed by atoms with Crippen LogP contribution in [-0.2, 0) is 6.54 Å². The number of nitrogens with one attached hydrogen (secondary N) is 1. The molecule has 0 saturated heterocycles. The Morgan fingerprint density at radius 1 is 0.824 bits per heavy atom. The van der Waals surface area contributed by atoms with Crippen LogP contribution in [0.1, 0.15) is 26.3 Å². The average Bonchev–Trinajstić information content (AvgIpc) is 3.02. The van der Waals surface area contributed by atoms with Gasteiger partial charge in [0.25, 0.3) is 11.8 Å². The number of rotatable bonds is 3. The molecular formula is C27H18Cl2N2O2S. The minimum absolute atomic E-state index is 0.111. The maximum atomic E-state index is 13.6. The summed E-state index contributed by atoms with van der Waals surface area (Å²) >= 11 is 13.8. The molecule has 1 heterocycles. The lowest BCUT2D eigenvalue weighted by atomic mass is 10.1. The topological polar surface area (TPSA) is 49.4 Å². The van der Waals surface area contributed by atoms with E-state index in [1.54, 1.807) is 53.1 Å². The molecule has 4 aromatic carbocycles. The van der Waals surface area contributed by atoms with E-state index in [0.29, 0.717) is 27.8 Å². The molecule has 0 unspecified atom stereocenters. The van der Waals surface area contributed by atoms with Crippen LogP contribution in [0.3, 0.4) is 0 Å². The Morgan fingerprint density at radius 2 is 1.53 bits per heavy atom. The number of hydrogen-bond acceptors (Lipinski definition) is 3. The molecule has 0 saturated carbocycles. The van der Waals surface area contributed by atoms with Gasteiger partial charge in [-0.05, 0) is 66.2 Å². The van der Waals surface area contributed by atoms with Gasteiger partial charge >= 0.3 is 0 Å². The third-order valence-electron chi connectivity index (χ3n) is 5.48. The van der Waals surface area contributed by atoms with E-state index in [2.05, 4.69) is 11.4 Å². The fraction of sp³-hybridized carbons (Fsp3) is 0.0370. The van der Waals surface area contributed by atoms with E-state index in [1.807, 2.05) is 42.5 Å². The minimum atomic E-state index is -0.373. The van der Waals surface area contributed by atoms with Gasteiger partial charge in [0.15, 0.2) is 0 Å². The lowest BCUT2D eigenvalue weighted by Crippen LogP contribution is -2.30. The first kappa shape index (κ1) is 22.5. The van der Waals surface area contributed by atoms with Crippen molar-refractivity contribution in [2.75, 3.05) is 10.2 Å². The van der Waals surface area contributed by atoms with E-state index >= 15 is 0 Å². The highest BCUT2D eigenvalue weighted by Crippen LogP contribution is 2.41. The molecule has 5 rings (SSSR count). The Labute approximate surface area is 211 Å². The second kappa shape index (κ2) is 9.55. The highest BCUT2D eigenvalue weighted by molar-refractivity contribution is 7.99. The number of fused-ring (bicyclic) bond motifs is 2. The Morgan fingerprint density at radius 3 is 2.32 bits per heavy atom. The van der Waals surface area contributed by atoms with Crippen LogP contribution < -0.4 is 10.2 Å². The number of halogens is 2. The first-order valence-electron chi connectivity index (χ1n) is 10.5. The third kappa shape index (κ3) is 4.55. The molecule has 0 aromatic heterocycles. The number of para-hydroxylation sites is 1. The van der Waals surface area contributed by atoms with Gasteiger partial charge in [0.1, 0.15) is 0 Å². The molecule has 1 aliphatic heterocycles. The van der Waals surface area contributed by atoms with Gasteiger partial charge in [0.2, 0.25) is 0 Å². The Hall–Kier alpha value is -3.25. The summed E-state index contributed by atoms with van der Waals surface area (Å²) in [5.41, 5.74) is 3.33. The lowest BCUT2D eigenvalue weighted by Gasteiger charge is -2.23. The molecule has 2 amide bonds. The van der Waals surface area contributed by atoms with Crippen LogP contribution in [0.4, 0.5) is 11.4 Å². The summed E-state index contributed by atoms with van der Waals surface area (Å²) < 4.78 is 0.